The van der Waals surface area contributed by atoms with Crippen LogP contribution in [0.4, 0.5) is 0 Å². The van der Waals surface area contributed by atoms with Crippen molar-refractivity contribution in [2.75, 3.05) is 13.2 Å². The van der Waals surface area contributed by atoms with E-state index in [1.807, 2.05) is 12.1 Å². The van der Waals surface area contributed by atoms with Crippen molar-refractivity contribution < 1.29 is 10.3 Å². The van der Waals surface area contributed by atoms with E-state index in [1.165, 1.54) is 32.1 Å². The van der Waals surface area contributed by atoms with Crippen LogP contribution >= 0.6 is 0 Å². The second kappa shape index (κ2) is 7.95. The zero-order valence-electron chi connectivity index (χ0n) is 12.3. The zero-order valence-corrected chi connectivity index (χ0v) is 12.3. The molecule has 116 valence electrons. The molecule has 0 aliphatic heterocycles. The highest BCUT2D eigenvalue weighted by Crippen LogP contribution is 2.23. The van der Waals surface area contributed by atoms with Gasteiger partial charge in [0.05, 0.1) is 6.61 Å². The number of aromatic nitrogens is 1. The molecular formula is C15H24N4O2. The van der Waals surface area contributed by atoms with E-state index in [9.17, 15) is 5.11 Å². The molecule has 0 spiro atoms. The van der Waals surface area contributed by atoms with Crippen molar-refractivity contribution >= 4 is 5.84 Å². The van der Waals surface area contributed by atoms with Crippen molar-refractivity contribution in [3.8, 4) is 0 Å². The summed E-state index contributed by atoms with van der Waals surface area (Å²) in [5, 5.41) is 21.0. The van der Waals surface area contributed by atoms with E-state index in [2.05, 4.69) is 15.0 Å². The molecule has 21 heavy (non-hydrogen) atoms. The quantitative estimate of drug-likeness (QED) is 0.318. The van der Waals surface area contributed by atoms with Crippen molar-refractivity contribution in [1.29, 1.82) is 0 Å². The molecule has 0 atom stereocenters. The first-order valence-electron chi connectivity index (χ1n) is 7.52. The van der Waals surface area contributed by atoms with Gasteiger partial charge in [-0.25, -0.2) is 0 Å². The third-order valence-electron chi connectivity index (χ3n) is 4.06. The van der Waals surface area contributed by atoms with Crippen LogP contribution in [0.1, 0.15) is 43.4 Å². The van der Waals surface area contributed by atoms with Crippen LogP contribution < -0.4 is 5.73 Å². The number of nitrogens with zero attached hydrogens (tertiary/aromatic N) is 3. The van der Waals surface area contributed by atoms with Gasteiger partial charge in [-0.05, 0) is 30.5 Å². The molecule has 6 heteroatoms. The predicted molar refractivity (Wildman–Crippen MR) is 81.1 cm³/mol. The SMILES string of the molecule is NC(=NO)c1cc(CN(CCO)C2CCCCC2)ccn1. The average molecular weight is 292 g/mol. The summed E-state index contributed by atoms with van der Waals surface area (Å²) in [6, 6.07) is 4.30. The number of nitrogens with two attached hydrogens (primary N) is 1. The lowest BCUT2D eigenvalue weighted by atomic mass is 9.94. The minimum Gasteiger partial charge on any atom is -0.409 e. The summed E-state index contributed by atoms with van der Waals surface area (Å²) in [6.45, 7) is 1.58. The van der Waals surface area contributed by atoms with E-state index >= 15 is 0 Å². The normalized spacial score (nSPS) is 17.3. The third kappa shape index (κ3) is 4.41. The number of pyridine rings is 1. The number of oxime groups is 1. The van der Waals surface area contributed by atoms with Crippen molar-refractivity contribution in [3.63, 3.8) is 0 Å². The number of aliphatic hydroxyl groups excluding tert-OH is 1. The molecule has 0 amide bonds. The molecule has 1 aromatic heterocycles. The molecule has 2 rings (SSSR count). The van der Waals surface area contributed by atoms with Crippen LogP contribution in [0.3, 0.4) is 0 Å². The number of amidine groups is 1. The second-order valence-electron chi connectivity index (χ2n) is 5.52. The lowest BCUT2D eigenvalue weighted by molar-refractivity contribution is 0.117. The van der Waals surface area contributed by atoms with Crippen LogP contribution in [0.2, 0.25) is 0 Å². The van der Waals surface area contributed by atoms with Crippen LogP contribution in [0.5, 0.6) is 0 Å². The first kappa shape index (κ1) is 15.7. The Balaban J connectivity index is 2.08. The second-order valence-corrected chi connectivity index (χ2v) is 5.52. The minimum absolute atomic E-state index is 0.0169. The summed E-state index contributed by atoms with van der Waals surface area (Å²) < 4.78 is 0. The van der Waals surface area contributed by atoms with Gasteiger partial charge >= 0.3 is 0 Å². The number of rotatable bonds is 6. The van der Waals surface area contributed by atoms with Gasteiger partial charge < -0.3 is 16.0 Å². The van der Waals surface area contributed by atoms with Crippen LogP contribution in [0.25, 0.3) is 0 Å². The first-order valence-corrected chi connectivity index (χ1v) is 7.52. The Bertz CT molecular complexity index is 472. The Hall–Kier alpha value is -1.66. The molecule has 0 saturated heterocycles. The number of aliphatic hydroxyl groups is 1. The summed E-state index contributed by atoms with van der Waals surface area (Å²) in [7, 11) is 0. The van der Waals surface area contributed by atoms with Gasteiger partial charge in [0.25, 0.3) is 0 Å². The van der Waals surface area contributed by atoms with E-state index in [-0.39, 0.29) is 12.4 Å². The maximum atomic E-state index is 9.30. The monoisotopic (exact) mass is 292 g/mol. The number of hydrogen-bond donors (Lipinski definition) is 3. The molecule has 1 heterocycles. The highest BCUT2D eigenvalue weighted by molar-refractivity contribution is 5.95. The Kier molecular flexibility index (Phi) is 5.95. The van der Waals surface area contributed by atoms with Crippen molar-refractivity contribution in [2.45, 2.75) is 44.7 Å². The average Bonchev–Trinajstić information content (AvgIpc) is 2.55. The van der Waals surface area contributed by atoms with Gasteiger partial charge in [-0.3, -0.25) is 9.88 Å². The van der Waals surface area contributed by atoms with E-state index < -0.39 is 0 Å². The maximum Gasteiger partial charge on any atom is 0.188 e. The van der Waals surface area contributed by atoms with Gasteiger partial charge in [0.15, 0.2) is 5.84 Å². The highest BCUT2D eigenvalue weighted by Gasteiger charge is 2.21. The van der Waals surface area contributed by atoms with Gasteiger partial charge in [-0.1, -0.05) is 24.4 Å². The fourth-order valence-electron chi connectivity index (χ4n) is 2.96. The molecule has 0 unspecified atom stereocenters. The maximum absolute atomic E-state index is 9.30. The van der Waals surface area contributed by atoms with Crippen molar-refractivity contribution in [1.82, 2.24) is 9.88 Å². The van der Waals surface area contributed by atoms with Crippen LogP contribution in [-0.2, 0) is 6.54 Å². The molecule has 1 fully saturated rings. The topological polar surface area (TPSA) is 95.0 Å². The highest BCUT2D eigenvalue weighted by atomic mass is 16.4. The van der Waals surface area contributed by atoms with Gasteiger partial charge in [0.1, 0.15) is 5.69 Å². The van der Waals surface area contributed by atoms with E-state index in [1.54, 1.807) is 6.20 Å². The van der Waals surface area contributed by atoms with E-state index in [0.717, 1.165) is 12.1 Å². The summed E-state index contributed by atoms with van der Waals surface area (Å²) in [5.74, 6) is 0.0169. The standard InChI is InChI=1S/C15H24N4O2/c16-15(18-21)14-10-12(6-7-17-14)11-19(8-9-20)13-4-2-1-3-5-13/h6-7,10,13,20-21H,1-5,8-9,11H2,(H2,16,18). The summed E-state index contributed by atoms with van der Waals surface area (Å²) in [4.78, 5) is 6.42. The molecule has 1 aromatic rings. The van der Waals surface area contributed by atoms with Crippen LogP contribution in [0, 0.1) is 0 Å². The predicted octanol–water partition coefficient (Wildman–Crippen LogP) is 1.30. The molecular weight excluding hydrogens is 268 g/mol. The lowest BCUT2D eigenvalue weighted by Gasteiger charge is -2.34. The van der Waals surface area contributed by atoms with Gasteiger partial charge in [0.2, 0.25) is 0 Å². The molecule has 1 saturated carbocycles. The Morgan fingerprint density at radius 2 is 2.14 bits per heavy atom. The zero-order chi connectivity index (χ0) is 15.1. The van der Waals surface area contributed by atoms with Crippen LogP contribution in [-0.4, -0.2) is 45.2 Å². The fourth-order valence-corrected chi connectivity index (χ4v) is 2.96. The van der Waals surface area contributed by atoms with Crippen LogP contribution in [0.15, 0.2) is 23.5 Å². The fraction of sp³-hybridized carbons (Fsp3) is 0.600. The van der Waals surface area contributed by atoms with E-state index in [4.69, 9.17) is 10.9 Å². The molecule has 0 aromatic carbocycles. The largest absolute Gasteiger partial charge is 0.409 e. The Labute approximate surface area is 125 Å². The smallest absolute Gasteiger partial charge is 0.188 e. The van der Waals surface area contributed by atoms with Gasteiger partial charge in [-0.2, -0.15) is 0 Å². The first-order chi connectivity index (χ1) is 10.2. The molecule has 1 aliphatic carbocycles. The summed E-state index contributed by atoms with van der Waals surface area (Å²) in [5.41, 5.74) is 7.11. The van der Waals surface area contributed by atoms with E-state index in [0.29, 0.717) is 18.3 Å². The van der Waals surface area contributed by atoms with Gasteiger partial charge in [-0.15, -0.1) is 0 Å². The third-order valence-corrected chi connectivity index (χ3v) is 4.06. The van der Waals surface area contributed by atoms with Gasteiger partial charge in [0, 0.05) is 25.3 Å². The summed E-state index contributed by atoms with van der Waals surface area (Å²) >= 11 is 0. The van der Waals surface area contributed by atoms with Crippen molar-refractivity contribution in [2.24, 2.45) is 10.9 Å². The molecule has 6 nitrogen and oxygen atoms in total. The molecule has 4 N–H and O–H groups in total. The molecule has 0 bridgehead atoms. The Morgan fingerprint density at radius 3 is 2.81 bits per heavy atom. The molecule has 1 aliphatic rings. The molecule has 0 radical (unpaired) electrons. The lowest BCUT2D eigenvalue weighted by Crippen LogP contribution is -2.38. The number of hydrogen-bond acceptors (Lipinski definition) is 5. The minimum atomic E-state index is 0.0169. The van der Waals surface area contributed by atoms with Crippen molar-refractivity contribution in [3.05, 3.63) is 29.6 Å². The summed E-state index contributed by atoms with van der Waals surface area (Å²) in [6.07, 6.45) is 7.89. The Morgan fingerprint density at radius 1 is 1.38 bits per heavy atom.